The number of amides is 1. The van der Waals surface area contributed by atoms with Crippen LogP contribution in [0.3, 0.4) is 0 Å². The molecule has 0 fully saturated rings. The zero-order valence-corrected chi connectivity index (χ0v) is 13.1. The molecule has 1 aromatic heterocycles. The lowest BCUT2D eigenvalue weighted by atomic mass is 10.3. The number of benzene rings is 2. The molecule has 6 nitrogen and oxygen atoms in total. The first-order chi connectivity index (χ1) is 11.8. The predicted molar refractivity (Wildman–Crippen MR) is 92.0 cm³/mol. The summed E-state index contributed by atoms with van der Waals surface area (Å²) in [5.74, 6) is 0.336. The van der Waals surface area contributed by atoms with Gasteiger partial charge in [-0.2, -0.15) is 9.90 Å². The fourth-order valence-electron chi connectivity index (χ4n) is 2.12. The van der Waals surface area contributed by atoms with Crippen molar-refractivity contribution < 1.29 is 9.53 Å². The summed E-state index contributed by atoms with van der Waals surface area (Å²) < 4.78 is 5.20. The Morgan fingerprint density at radius 1 is 1.12 bits per heavy atom. The molecule has 1 N–H and O–H groups in total. The fraction of sp³-hybridized carbons (Fsp3) is 0.0556. The number of nitrogens with one attached hydrogen (secondary N) is 1. The molecule has 6 heteroatoms. The number of ether oxygens (including phenoxy) is 1. The predicted octanol–water partition coefficient (Wildman–Crippen LogP) is 2.93. The van der Waals surface area contributed by atoms with E-state index >= 15 is 0 Å². The van der Waals surface area contributed by atoms with Crippen molar-refractivity contribution in [3.63, 3.8) is 0 Å². The molecule has 1 heterocycles. The Morgan fingerprint density at radius 2 is 1.88 bits per heavy atom. The Hall–Kier alpha value is -3.41. The largest absolute Gasteiger partial charge is 0.495 e. The minimum atomic E-state index is -0.270. The molecule has 0 bridgehead atoms. The molecule has 24 heavy (non-hydrogen) atoms. The van der Waals surface area contributed by atoms with E-state index in [1.807, 2.05) is 42.5 Å². The third kappa shape index (κ3) is 3.67. The molecule has 0 radical (unpaired) electrons. The maximum Gasteiger partial charge on any atom is 0.248 e. The molecule has 3 aromatic rings. The number of aromatic nitrogens is 3. The van der Waals surface area contributed by atoms with Crippen molar-refractivity contribution in [1.82, 2.24) is 15.0 Å². The van der Waals surface area contributed by atoms with Crippen molar-refractivity contribution in [3.8, 4) is 11.4 Å². The van der Waals surface area contributed by atoms with Gasteiger partial charge in [0.1, 0.15) is 11.4 Å². The SMILES string of the molecule is COc1ccccc1NC(=O)C=Cc1cnn(-c2ccccc2)n1. The summed E-state index contributed by atoms with van der Waals surface area (Å²) in [6.45, 7) is 0. The Labute approximate surface area is 139 Å². The molecule has 3 rings (SSSR count). The molecule has 0 spiro atoms. The highest BCUT2D eigenvalue weighted by Gasteiger charge is 2.05. The van der Waals surface area contributed by atoms with Crippen LogP contribution in [0.2, 0.25) is 0 Å². The second kappa shape index (κ2) is 7.23. The summed E-state index contributed by atoms with van der Waals surface area (Å²) in [5.41, 5.74) is 2.06. The molecule has 1 amide bonds. The first-order valence-corrected chi connectivity index (χ1v) is 7.36. The number of methoxy groups -OCH3 is 1. The van der Waals surface area contributed by atoms with E-state index in [-0.39, 0.29) is 5.91 Å². The Morgan fingerprint density at radius 3 is 2.67 bits per heavy atom. The summed E-state index contributed by atoms with van der Waals surface area (Å²) in [7, 11) is 1.56. The van der Waals surface area contributed by atoms with Crippen molar-refractivity contribution in [2.75, 3.05) is 12.4 Å². The lowest BCUT2D eigenvalue weighted by Crippen LogP contribution is -2.08. The summed E-state index contributed by atoms with van der Waals surface area (Å²) in [5, 5.41) is 11.3. The van der Waals surface area contributed by atoms with Crippen molar-refractivity contribution >= 4 is 17.7 Å². The number of carbonyl (C=O) groups is 1. The minimum Gasteiger partial charge on any atom is -0.495 e. The van der Waals surface area contributed by atoms with Gasteiger partial charge < -0.3 is 10.1 Å². The highest BCUT2D eigenvalue weighted by Crippen LogP contribution is 2.22. The van der Waals surface area contributed by atoms with Crippen LogP contribution in [0.15, 0.2) is 66.9 Å². The van der Waals surface area contributed by atoms with Crippen LogP contribution in [-0.2, 0) is 4.79 Å². The summed E-state index contributed by atoms with van der Waals surface area (Å²) in [6, 6.07) is 16.8. The van der Waals surface area contributed by atoms with E-state index < -0.39 is 0 Å². The Balaban J connectivity index is 1.68. The van der Waals surface area contributed by atoms with Crippen molar-refractivity contribution in [1.29, 1.82) is 0 Å². The highest BCUT2D eigenvalue weighted by atomic mass is 16.5. The number of rotatable bonds is 5. The Bertz CT molecular complexity index is 856. The second-order valence-corrected chi connectivity index (χ2v) is 4.92. The van der Waals surface area contributed by atoms with Crippen LogP contribution in [0, 0.1) is 0 Å². The van der Waals surface area contributed by atoms with Gasteiger partial charge in [-0.25, -0.2) is 0 Å². The molecule has 2 aromatic carbocycles. The van der Waals surface area contributed by atoms with Crippen LogP contribution in [0.1, 0.15) is 5.69 Å². The minimum absolute atomic E-state index is 0.270. The lowest BCUT2D eigenvalue weighted by Gasteiger charge is -2.07. The van der Waals surface area contributed by atoms with Crippen LogP contribution in [-0.4, -0.2) is 28.0 Å². The molecule has 0 aliphatic carbocycles. The van der Waals surface area contributed by atoms with Gasteiger partial charge in [-0.1, -0.05) is 30.3 Å². The van der Waals surface area contributed by atoms with Crippen LogP contribution >= 0.6 is 0 Å². The van der Waals surface area contributed by atoms with Gasteiger partial charge in [-0.05, 0) is 30.3 Å². The maximum atomic E-state index is 12.0. The van der Waals surface area contributed by atoms with E-state index in [0.717, 1.165) is 5.69 Å². The van der Waals surface area contributed by atoms with Gasteiger partial charge in [-0.15, -0.1) is 5.10 Å². The number of nitrogens with zero attached hydrogens (tertiary/aromatic N) is 3. The summed E-state index contributed by atoms with van der Waals surface area (Å²) in [4.78, 5) is 13.5. The van der Waals surface area contributed by atoms with E-state index in [4.69, 9.17) is 4.74 Å². The quantitative estimate of drug-likeness (QED) is 0.734. The number of hydrogen-bond acceptors (Lipinski definition) is 4. The first kappa shape index (κ1) is 15.5. The number of carbonyl (C=O) groups excluding carboxylic acids is 1. The van der Waals surface area contributed by atoms with Crippen molar-refractivity contribution in [2.24, 2.45) is 0 Å². The van der Waals surface area contributed by atoms with E-state index in [1.165, 1.54) is 10.9 Å². The molecule has 0 atom stereocenters. The first-order valence-electron chi connectivity index (χ1n) is 7.36. The van der Waals surface area contributed by atoms with Gasteiger partial charge in [-0.3, -0.25) is 4.79 Å². The molecule has 0 unspecified atom stereocenters. The molecule has 0 aliphatic rings. The topological polar surface area (TPSA) is 69.0 Å². The smallest absolute Gasteiger partial charge is 0.248 e. The highest BCUT2D eigenvalue weighted by molar-refractivity contribution is 6.02. The van der Waals surface area contributed by atoms with E-state index in [9.17, 15) is 4.79 Å². The van der Waals surface area contributed by atoms with Gasteiger partial charge in [0.15, 0.2) is 0 Å². The molecule has 0 saturated carbocycles. The maximum absolute atomic E-state index is 12.0. The third-order valence-electron chi connectivity index (χ3n) is 3.27. The average molecular weight is 320 g/mol. The number of anilines is 1. The van der Waals surface area contributed by atoms with Crippen molar-refractivity contribution in [2.45, 2.75) is 0 Å². The summed E-state index contributed by atoms with van der Waals surface area (Å²) in [6.07, 6.45) is 4.61. The van der Waals surface area contributed by atoms with Gasteiger partial charge in [0.2, 0.25) is 5.91 Å². The zero-order chi connectivity index (χ0) is 16.8. The lowest BCUT2D eigenvalue weighted by molar-refractivity contribution is -0.111. The third-order valence-corrected chi connectivity index (χ3v) is 3.27. The fourth-order valence-corrected chi connectivity index (χ4v) is 2.12. The normalized spacial score (nSPS) is 10.7. The van der Waals surface area contributed by atoms with Crippen molar-refractivity contribution in [3.05, 3.63) is 72.6 Å². The Kier molecular flexibility index (Phi) is 4.67. The summed E-state index contributed by atoms with van der Waals surface area (Å²) >= 11 is 0. The van der Waals surface area contributed by atoms with Crippen LogP contribution < -0.4 is 10.1 Å². The molecule has 0 aliphatic heterocycles. The van der Waals surface area contributed by atoms with Gasteiger partial charge in [0.05, 0.1) is 24.7 Å². The van der Waals surface area contributed by atoms with Gasteiger partial charge in [0, 0.05) is 6.08 Å². The van der Waals surface area contributed by atoms with Gasteiger partial charge in [0.25, 0.3) is 0 Å². The van der Waals surface area contributed by atoms with E-state index in [1.54, 1.807) is 31.5 Å². The van der Waals surface area contributed by atoms with Crippen LogP contribution in [0.4, 0.5) is 5.69 Å². The number of para-hydroxylation sites is 3. The average Bonchev–Trinajstić information content (AvgIpc) is 3.10. The molecular weight excluding hydrogens is 304 g/mol. The van der Waals surface area contributed by atoms with E-state index in [2.05, 4.69) is 15.5 Å². The monoisotopic (exact) mass is 320 g/mol. The van der Waals surface area contributed by atoms with Crippen LogP contribution in [0.5, 0.6) is 5.75 Å². The van der Waals surface area contributed by atoms with Crippen LogP contribution in [0.25, 0.3) is 11.8 Å². The van der Waals surface area contributed by atoms with E-state index in [0.29, 0.717) is 17.1 Å². The second-order valence-electron chi connectivity index (χ2n) is 4.92. The zero-order valence-electron chi connectivity index (χ0n) is 13.1. The van der Waals surface area contributed by atoms with Gasteiger partial charge >= 0.3 is 0 Å². The molecule has 120 valence electrons. The molecule has 0 saturated heterocycles. The number of hydrogen-bond donors (Lipinski definition) is 1. The standard InChI is InChI=1S/C18H16N4O2/c1-24-17-10-6-5-9-16(17)20-18(23)12-11-14-13-19-22(21-14)15-7-3-2-4-8-15/h2-13H,1H3,(H,20,23). The molecular formula is C18H16N4O2.